The maximum atomic E-state index is 12.4. The van der Waals surface area contributed by atoms with Crippen LogP contribution in [-0.4, -0.2) is 44.6 Å². The number of sulfonamides is 1. The van der Waals surface area contributed by atoms with Gasteiger partial charge in [-0.2, -0.15) is 0 Å². The van der Waals surface area contributed by atoms with Crippen LogP contribution in [-0.2, 0) is 14.8 Å². The number of amides is 1. The number of nitrogens with one attached hydrogen (secondary N) is 1. The quantitative estimate of drug-likeness (QED) is 0.893. The van der Waals surface area contributed by atoms with Gasteiger partial charge in [-0.1, -0.05) is 6.07 Å². The third-order valence-electron chi connectivity index (χ3n) is 3.85. The molecule has 7 heteroatoms. The zero-order chi connectivity index (χ0) is 16.2. The Morgan fingerprint density at radius 2 is 2.23 bits per heavy atom. The molecule has 0 saturated carbocycles. The molecule has 1 saturated heterocycles. The Hall–Kier alpha value is -1.60. The summed E-state index contributed by atoms with van der Waals surface area (Å²) in [5.74, 6) is 0.263. The van der Waals surface area contributed by atoms with Crippen molar-refractivity contribution in [3.05, 3.63) is 24.3 Å². The smallest absolute Gasteiger partial charge is 0.228 e. The van der Waals surface area contributed by atoms with Crippen LogP contribution < -0.4 is 10.1 Å². The van der Waals surface area contributed by atoms with Gasteiger partial charge in [0.15, 0.2) is 0 Å². The number of carbonyl (C=O) groups is 1. The van der Waals surface area contributed by atoms with Crippen LogP contribution in [0.5, 0.6) is 5.75 Å². The van der Waals surface area contributed by atoms with Crippen molar-refractivity contribution in [2.75, 3.05) is 31.3 Å². The van der Waals surface area contributed by atoms with Gasteiger partial charge in [-0.3, -0.25) is 4.79 Å². The summed E-state index contributed by atoms with van der Waals surface area (Å²) in [6.45, 7) is 2.38. The fourth-order valence-electron chi connectivity index (χ4n) is 2.54. The Morgan fingerprint density at radius 1 is 1.45 bits per heavy atom. The number of rotatable bonds is 5. The zero-order valence-electron chi connectivity index (χ0n) is 12.9. The Morgan fingerprint density at radius 3 is 2.91 bits per heavy atom. The van der Waals surface area contributed by atoms with Gasteiger partial charge < -0.3 is 10.1 Å². The van der Waals surface area contributed by atoms with Crippen LogP contribution in [0.4, 0.5) is 5.69 Å². The van der Waals surface area contributed by atoms with Crippen LogP contribution in [0.3, 0.4) is 0 Å². The molecule has 1 aliphatic heterocycles. The monoisotopic (exact) mass is 326 g/mol. The van der Waals surface area contributed by atoms with Crippen LogP contribution in [0.2, 0.25) is 0 Å². The summed E-state index contributed by atoms with van der Waals surface area (Å²) >= 11 is 0. The number of methoxy groups -OCH3 is 1. The first-order valence-electron chi connectivity index (χ1n) is 7.39. The molecule has 1 heterocycles. The van der Waals surface area contributed by atoms with Gasteiger partial charge in [-0.05, 0) is 31.9 Å². The summed E-state index contributed by atoms with van der Waals surface area (Å²) in [5, 5.41) is 2.84. The summed E-state index contributed by atoms with van der Waals surface area (Å²) in [7, 11) is -1.67. The molecule has 0 radical (unpaired) electrons. The molecule has 1 atom stereocenters. The minimum atomic E-state index is -3.24. The standard InChI is InChI=1S/C15H22N2O4S/c1-3-22(19,20)17-9-5-6-12(11-17)15(18)16-13-7-4-8-14(10-13)21-2/h4,7-8,10,12H,3,5-6,9,11H2,1-2H3,(H,16,18)/t12-/m0/s1. The molecule has 0 spiro atoms. The van der Waals surface area contributed by atoms with Crippen molar-refractivity contribution in [2.24, 2.45) is 5.92 Å². The van der Waals surface area contributed by atoms with Crippen molar-refractivity contribution in [3.63, 3.8) is 0 Å². The van der Waals surface area contributed by atoms with E-state index in [-0.39, 0.29) is 24.1 Å². The van der Waals surface area contributed by atoms with E-state index in [9.17, 15) is 13.2 Å². The normalized spacial score (nSPS) is 19.6. The first-order valence-corrected chi connectivity index (χ1v) is 9.00. The number of anilines is 1. The average Bonchev–Trinajstić information content (AvgIpc) is 2.55. The first kappa shape index (κ1) is 16.8. The van der Waals surface area contributed by atoms with E-state index in [4.69, 9.17) is 4.74 Å². The van der Waals surface area contributed by atoms with Crippen molar-refractivity contribution in [1.29, 1.82) is 0 Å². The van der Waals surface area contributed by atoms with E-state index >= 15 is 0 Å². The maximum absolute atomic E-state index is 12.4. The molecule has 6 nitrogen and oxygen atoms in total. The number of hydrogen-bond donors (Lipinski definition) is 1. The van der Waals surface area contributed by atoms with Gasteiger partial charge in [0.2, 0.25) is 15.9 Å². The van der Waals surface area contributed by atoms with Crippen molar-refractivity contribution >= 4 is 21.6 Å². The van der Waals surface area contributed by atoms with Crippen molar-refractivity contribution in [1.82, 2.24) is 4.31 Å². The second-order valence-corrected chi connectivity index (χ2v) is 7.58. The molecular weight excluding hydrogens is 304 g/mol. The lowest BCUT2D eigenvalue weighted by Gasteiger charge is -2.30. The molecule has 1 aromatic rings. The highest BCUT2D eigenvalue weighted by molar-refractivity contribution is 7.89. The average molecular weight is 326 g/mol. The van der Waals surface area contributed by atoms with Gasteiger partial charge in [0, 0.05) is 24.8 Å². The van der Waals surface area contributed by atoms with Crippen LogP contribution in [0.25, 0.3) is 0 Å². The number of piperidine rings is 1. The van der Waals surface area contributed by atoms with Gasteiger partial charge in [-0.15, -0.1) is 0 Å². The molecule has 1 aromatic carbocycles. The summed E-state index contributed by atoms with van der Waals surface area (Å²) in [4.78, 5) is 12.4. The highest BCUT2D eigenvalue weighted by atomic mass is 32.2. The Balaban J connectivity index is 2.03. The first-order chi connectivity index (χ1) is 10.5. The Bertz CT molecular complexity index is 630. The molecule has 0 bridgehead atoms. The van der Waals surface area contributed by atoms with Crippen LogP contribution in [0.15, 0.2) is 24.3 Å². The highest BCUT2D eigenvalue weighted by Gasteiger charge is 2.31. The lowest BCUT2D eigenvalue weighted by Crippen LogP contribution is -2.44. The van der Waals surface area contributed by atoms with E-state index in [0.717, 1.165) is 0 Å². The van der Waals surface area contributed by atoms with Crippen molar-refractivity contribution in [2.45, 2.75) is 19.8 Å². The minimum absolute atomic E-state index is 0.0667. The second kappa shape index (κ2) is 7.11. The van der Waals surface area contributed by atoms with Gasteiger partial charge in [0.05, 0.1) is 18.8 Å². The molecule has 22 heavy (non-hydrogen) atoms. The predicted molar refractivity (Wildman–Crippen MR) is 85.4 cm³/mol. The van der Waals surface area contributed by atoms with E-state index in [2.05, 4.69) is 5.32 Å². The molecule has 0 aliphatic carbocycles. The van der Waals surface area contributed by atoms with Gasteiger partial charge in [0.1, 0.15) is 5.75 Å². The summed E-state index contributed by atoms with van der Waals surface area (Å²) < 4.78 is 30.4. The van der Waals surface area contributed by atoms with Gasteiger partial charge >= 0.3 is 0 Å². The molecule has 1 amide bonds. The lowest BCUT2D eigenvalue weighted by atomic mass is 9.98. The Labute approximate surface area is 131 Å². The molecule has 1 aliphatic rings. The molecule has 0 aromatic heterocycles. The molecule has 0 unspecified atom stereocenters. The van der Waals surface area contributed by atoms with Crippen LogP contribution in [0, 0.1) is 5.92 Å². The van der Waals surface area contributed by atoms with E-state index in [1.165, 1.54) is 4.31 Å². The van der Waals surface area contributed by atoms with Gasteiger partial charge in [-0.25, -0.2) is 12.7 Å². The largest absolute Gasteiger partial charge is 0.497 e. The minimum Gasteiger partial charge on any atom is -0.497 e. The van der Waals surface area contributed by atoms with Gasteiger partial charge in [0.25, 0.3) is 0 Å². The number of carbonyl (C=O) groups excluding carboxylic acids is 1. The molecule has 122 valence electrons. The zero-order valence-corrected chi connectivity index (χ0v) is 13.7. The van der Waals surface area contributed by atoms with E-state index in [0.29, 0.717) is 30.8 Å². The Kier molecular flexibility index (Phi) is 5.42. The molecule has 2 rings (SSSR count). The predicted octanol–water partition coefficient (Wildman–Crippen LogP) is 1.70. The fraction of sp³-hybridized carbons (Fsp3) is 0.533. The molecule has 1 fully saturated rings. The maximum Gasteiger partial charge on any atom is 0.228 e. The number of hydrogen-bond acceptors (Lipinski definition) is 4. The van der Waals surface area contributed by atoms with E-state index in [1.54, 1.807) is 38.3 Å². The topological polar surface area (TPSA) is 75.7 Å². The highest BCUT2D eigenvalue weighted by Crippen LogP contribution is 2.22. The van der Waals surface area contributed by atoms with E-state index in [1.807, 2.05) is 0 Å². The fourth-order valence-corrected chi connectivity index (χ4v) is 3.72. The van der Waals surface area contributed by atoms with Crippen molar-refractivity contribution in [3.8, 4) is 5.75 Å². The van der Waals surface area contributed by atoms with Crippen molar-refractivity contribution < 1.29 is 17.9 Å². The number of benzene rings is 1. The third-order valence-corrected chi connectivity index (χ3v) is 5.70. The van der Waals surface area contributed by atoms with Crippen LogP contribution >= 0.6 is 0 Å². The SMILES string of the molecule is CCS(=O)(=O)N1CCC[C@H](C(=O)Nc2cccc(OC)c2)C1. The molecular formula is C15H22N2O4S. The second-order valence-electron chi connectivity index (χ2n) is 5.32. The molecule has 1 N–H and O–H groups in total. The summed E-state index contributed by atoms with van der Waals surface area (Å²) in [6.07, 6.45) is 1.40. The number of nitrogens with zero attached hydrogens (tertiary/aromatic N) is 1. The number of ether oxygens (including phenoxy) is 1. The summed E-state index contributed by atoms with van der Waals surface area (Å²) in [6, 6.07) is 7.11. The van der Waals surface area contributed by atoms with E-state index < -0.39 is 10.0 Å². The lowest BCUT2D eigenvalue weighted by molar-refractivity contribution is -0.120. The summed E-state index contributed by atoms with van der Waals surface area (Å²) in [5.41, 5.74) is 0.653. The third kappa shape index (κ3) is 3.98. The van der Waals surface area contributed by atoms with Crippen LogP contribution in [0.1, 0.15) is 19.8 Å².